The molecule has 0 bridgehead atoms. The molecule has 0 aliphatic rings. The largest absolute Gasteiger partial charge is 0.380 e. The molecule has 0 spiro atoms. The molecule has 18 heavy (non-hydrogen) atoms. The van der Waals surface area contributed by atoms with Gasteiger partial charge in [0.15, 0.2) is 10.6 Å². The van der Waals surface area contributed by atoms with Crippen molar-refractivity contribution in [1.82, 2.24) is 20.1 Å². The first kappa shape index (κ1) is 14.8. The number of carbonyl (C=O) groups is 1. The summed E-state index contributed by atoms with van der Waals surface area (Å²) in [6.45, 7) is 6.32. The van der Waals surface area contributed by atoms with E-state index in [1.54, 1.807) is 4.57 Å². The topological polar surface area (TPSA) is 82.9 Å². The van der Waals surface area contributed by atoms with Crippen molar-refractivity contribution in [3.05, 3.63) is 10.6 Å². The fourth-order valence-electron chi connectivity index (χ4n) is 1.76. The van der Waals surface area contributed by atoms with Gasteiger partial charge in [0.2, 0.25) is 0 Å². The molecule has 0 aliphatic carbocycles. The Balaban J connectivity index is 2.65. The Morgan fingerprint density at radius 3 is 2.83 bits per heavy atom. The highest BCUT2D eigenvalue weighted by molar-refractivity contribution is 7.71. The Hall–Kier alpha value is -1.21. The van der Waals surface area contributed by atoms with Crippen molar-refractivity contribution in [2.24, 2.45) is 0 Å². The number of carbonyl (C=O) groups excluding carboxylic acids is 1. The standard InChI is InChI=1S/C11H20N4O2S/c1-4-6-11(3,17)9(16)12-7-8-13-14-10(18)15(8)5-2/h17H,4-7H2,1-3H3,(H,12,16)(H,14,18)/t11-/m1/s1. The summed E-state index contributed by atoms with van der Waals surface area (Å²) >= 11 is 5.05. The third-order valence-corrected chi connectivity index (χ3v) is 3.10. The van der Waals surface area contributed by atoms with E-state index in [0.717, 1.165) is 6.42 Å². The van der Waals surface area contributed by atoms with Crippen LogP contribution in [0.4, 0.5) is 0 Å². The zero-order valence-corrected chi connectivity index (χ0v) is 11.8. The van der Waals surface area contributed by atoms with Crippen LogP contribution in [0.15, 0.2) is 0 Å². The average Bonchev–Trinajstić information content (AvgIpc) is 2.66. The summed E-state index contributed by atoms with van der Waals surface area (Å²) < 4.78 is 2.33. The van der Waals surface area contributed by atoms with Gasteiger partial charge < -0.3 is 15.0 Å². The van der Waals surface area contributed by atoms with Gasteiger partial charge >= 0.3 is 0 Å². The lowest BCUT2D eigenvalue weighted by Crippen LogP contribution is -2.44. The second kappa shape index (κ2) is 6.10. The summed E-state index contributed by atoms with van der Waals surface area (Å²) in [5.74, 6) is 0.268. The second-order valence-corrected chi connectivity index (χ2v) is 4.78. The highest BCUT2D eigenvalue weighted by Crippen LogP contribution is 2.11. The normalized spacial score (nSPS) is 14.2. The minimum Gasteiger partial charge on any atom is -0.380 e. The van der Waals surface area contributed by atoms with Gasteiger partial charge in [-0.25, -0.2) is 0 Å². The summed E-state index contributed by atoms with van der Waals surface area (Å²) in [6.07, 6.45) is 1.17. The van der Waals surface area contributed by atoms with E-state index in [0.29, 0.717) is 23.6 Å². The summed E-state index contributed by atoms with van der Waals surface area (Å²) in [5, 5.41) is 19.3. The minimum atomic E-state index is -1.33. The average molecular weight is 272 g/mol. The number of hydrogen-bond acceptors (Lipinski definition) is 4. The fraction of sp³-hybridized carbons (Fsp3) is 0.727. The van der Waals surface area contributed by atoms with Gasteiger partial charge in [-0.1, -0.05) is 13.3 Å². The van der Waals surface area contributed by atoms with E-state index in [9.17, 15) is 9.90 Å². The second-order valence-electron chi connectivity index (χ2n) is 4.40. The molecule has 1 aromatic heterocycles. The lowest BCUT2D eigenvalue weighted by Gasteiger charge is -2.21. The molecule has 0 saturated carbocycles. The van der Waals surface area contributed by atoms with E-state index in [4.69, 9.17) is 12.2 Å². The maximum atomic E-state index is 11.8. The molecule has 1 heterocycles. The van der Waals surface area contributed by atoms with Gasteiger partial charge in [0.05, 0.1) is 6.54 Å². The molecule has 1 atom stereocenters. The van der Waals surface area contributed by atoms with Crippen LogP contribution in [-0.4, -0.2) is 31.4 Å². The van der Waals surface area contributed by atoms with Gasteiger partial charge in [-0.2, -0.15) is 5.10 Å². The molecule has 3 N–H and O–H groups in total. The highest BCUT2D eigenvalue weighted by atomic mass is 32.1. The van der Waals surface area contributed by atoms with Gasteiger partial charge in [-0.15, -0.1) is 0 Å². The number of rotatable bonds is 6. The minimum absolute atomic E-state index is 0.250. The Kier molecular flexibility index (Phi) is 5.03. The number of aromatic amines is 1. The molecule has 0 radical (unpaired) electrons. The molecule has 0 unspecified atom stereocenters. The first-order valence-corrected chi connectivity index (χ1v) is 6.48. The van der Waals surface area contributed by atoms with Crippen LogP contribution in [0.2, 0.25) is 0 Å². The van der Waals surface area contributed by atoms with Crippen LogP contribution in [0.3, 0.4) is 0 Å². The predicted octanol–water partition coefficient (Wildman–Crippen LogP) is 1.13. The van der Waals surface area contributed by atoms with E-state index >= 15 is 0 Å². The van der Waals surface area contributed by atoms with Gasteiger partial charge in [0.25, 0.3) is 5.91 Å². The summed E-state index contributed by atoms with van der Waals surface area (Å²) in [7, 11) is 0. The summed E-state index contributed by atoms with van der Waals surface area (Å²) in [5.41, 5.74) is -1.33. The first-order chi connectivity index (χ1) is 8.42. The van der Waals surface area contributed by atoms with Crippen molar-refractivity contribution in [2.75, 3.05) is 0 Å². The van der Waals surface area contributed by atoms with Crippen molar-refractivity contribution >= 4 is 18.1 Å². The molecule has 1 aromatic rings. The lowest BCUT2D eigenvalue weighted by molar-refractivity contribution is -0.138. The quantitative estimate of drug-likeness (QED) is 0.678. The Morgan fingerprint density at radius 2 is 2.28 bits per heavy atom. The number of aliphatic hydroxyl groups is 1. The molecule has 0 fully saturated rings. The number of H-pyrrole nitrogens is 1. The fourth-order valence-corrected chi connectivity index (χ4v) is 2.04. The maximum absolute atomic E-state index is 11.8. The van der Waals surface area contributed by atoms with Crippen LogP contribution in [0.1, 0.15) is 39.4 Å². The molecule has 0 aliphatic heterocycles. The van der Waals surface area contributed by atoms with Gasteiger partial charge in [-0.05, 0) is 32.5 Å². The van der Waals surface area contributed by atoms with Crippen molar-refractivity contribution in [2.45, 2.75) is 52.3 Å². The number of nitrogens with zero attached hydrogens (tertiary/aromatic N) is 2. The monoisotopic (exact) mass is 272 g/mol. The van der Waals surface area contributed by atoms with Crippen LogP contribution in [0.5, 0.6) is 0 Å². The smallest absolute Gasteiger partial charge is 0.252 e. The van der Waals surface area contributed by atoms with Crippen molar-refractivity contribution in [1.29, 1.82) is 0 Å². The van der Waals surface area contributed by atoms with Crippen LogP contribution in [-0.2, 0) is 17.9 Å². The number of aromatic nitrogens is 3. The predicted molar refractivity (Wildman–Crippen MR) is 70.5 cm³/mol. The van der Waals surface area contributed by atoms with Crippen molar-refractivity contribution in [3.63, 3.8) is 0 Å². The zero-order valence-electron chi connectivity index (χ0n) is 11.0. The number of nitrogens with one attached hydrogen (secondary N) is 2. The first-order valence-electron chi connectivity index (χ1n) is 6.07. The molecular weight excluding hydrogens is 252 g/mol. The van der Waals surface area contributed by atoms with E-state index in [1.807, 2.05) is 13.8 Å². The van der Waals surface area contributed by atoms with Crippen molar-refractivity contribution < 1.29 is 9.90 Å². The lowest BCUT2D eigenvalue weighted by atomic mass is 10.00. The molecule has 7 heteroatoms. The molecule has 1 amide bonds. The molecular formula is C11H20N4O2S. The Morgan fingerprint density at radius 1 is 1.61 bits per heavy atom. The highest BCUT2D eigenvalue weighted by Gasteiger charge is 2.28. The molecule has 1 rings (SSSR count). The SMILES string of the molecule is CCC[C@@](C)(O)C(=O)NCc1n[nH]c(=S)n1CC. The van der Waals surface area contributed by atoms with Crippen LogP contribution in [0, 0.1) is 4.77 Å². The van der Waals surface area contributed by atoms with E-state index in [-0.39, 0.29) is 12.5 Å². The third kappa shape index (κ3) is 3.39. The van der Waals surface area contributed by atoms with Crippen LogP contribution in [0.25, 0.3) is 0 Å². The van der Waals surface area contributed by atoms with Gasteiger partial charge in [0, 0.05) is 6.54 Å². The Bertz CT molecular complexity index is 464. The third-order valence-electron chi connectivity index (χ3n) is 2.79. The maximum Gasteiger partial charge on any atom is 0.252 e. The van der Waals surface area contributed by atoms with E-state index < -0.39 is 5.60 Å². The summed E-state index contributed by atoms with van der Waals surface area (Å²) in [6, 6.07) is 0. The molecule has 102 valence electrons. The molecule has 0 saturated heterocycles. The Labute approximate surface area is 111 Å². The van der Waals surface area contributed by atoms with E-state index in [1.165, 1.54) is 6.92 Å². The molecule has 6 nitrogen and oxygen atoms in total. The number of amides is 1. The van der Waals surface area contributed by atoms with E-state index in [2.05, 4.69) is 15.5 Å². The van der Waals surface area contributed by atoms with Crippen LogP contribution < -0.4 is 5.32 Å². The summed E-state index contributed by atoms with van der Waals surface area (Å²) in [4.78, 5) is 11.8. The van der Waals surface area contributed by atoms with Crippen molar-refractivity contribution in [3.8, 4) is 0 Å². The zero-order chi connectivity index (χ0) is 13.8. The number of hydrogen-bond donors (Lipinski definition) is 3. The van der Waals surface area contributed by atoms with Crippen LogP contribution >= 0.6 is 12.2 Å². The molecule has 0 aromatic carbocycles. The van der Waals surface area contributed by atoms with Gasteiger partial charge in [0.1, 0.15) is 5.60 Å². The van der Waals surface area contributed by atoms with Gasteiger partial charge in [-0.3, -0.25) is 9.89 Å².